The number of allylic oxidation sites excluding steroid dienone is 1. The molecule has 0 fully saturated rings. The number of rotatable bonds is 14. The molecule has 38 heavy (non-hydrogen) atoms. The van der Waals surface area contributed by atoms with E-state index >= 15 is 0 Å². The average Bonchev–Trinajstić information content (AvgIpc) is 2.90. The third kappa shape index (κ3) is 14.7. The van der Waals surface area contributed by atoms with Gasteiger partial charge in [0.1, 0.15) is 5.76 Å². The van der Waals surface area contributed by atoms with Crippen molar-refractivity contribution in [1.29, 1.82) is 0 Å². The predicted octanol–water partition coefficient (Wildman–Crippen LogP) is 6.25. The number of aliphatic hydroxyl groups is 1. The molecule has 0 heterocycles. The lowest BCUT2D eigenvalue weighted by molar-refractivity contribution is -0.129. The molecular weight excluding hydrogens is 480 g/mol. The van der Waals surface area contributed by atoms with Gasteiger partial charge in [-0.05, 0) is 56.6 Å². The van der Waals surface area contributed by atoms with Gasteiger partial charge in [0.2, 0.25) is 5.91 Å². The number of hydrogen-bond acceptors (Lipinski definition) is 5. The highest BCUT2D eigenvalue weighted by molar-refractivity contribution is 6.18. The first kappa shape index (κ1) is 37.2. The standard InChI is InChI=1S/C27H40N2O5.2C2H6/c1-7-21(15-25(31)22-11-9-19(4)10-12-22)14-23(34-6)16-29(26(32)13-8-18(2)3)17-24(20(5)30)27(28)33;2*1-2/h9-12,14,17-18,21,25,31H,7-8,13,15-16H2,1-6H3,(H2,28,33);2*1-2H3/b23-14-,24-17+;;/t21?,25-;;/m0../s1. The maximum Gasteiger partial charge on any atom is 0.253 e. The SMILES string of the molecule is CC.CC.CCC(/C=C(/CN(/C=C(\C(C)=O)C(N)=O)C(=O)CCC(C)C)OC)C[C@H](O)c1ccc(C)cc1. The Morgan fingerprint density at radius 3 is 2.05 bits per heavy atom. The van der Waals surface area contributed by atoms with Crippen molar-refractivity contribution < 1.29 is 24.2 Å². The molecular formula is C31H52N2O5. The van der Waals surface area contributed by atoms with Gasteiger partial charge in [0.25, 0.3) is 5.91 Å². The van der Waals surface area contributed by atoms with E-state index < -0.39 is 17.8 Å². The summed E-state index contributed by atoms with van der Waals surface area (Å²) in [4.78, 5) is 37.9. The van der Waals surface area contributed by atoms with Gasteiger partial charge in [-0.15, -0.1) is 0 Å². The number of primary amides is 1. The summed E-state index contributed by atoms with van der Waals surface area (Å²) in [5, 5.41) is 10.7. The van der Waals surface area contributed by atoms with Crippen molar-refractivity contribution in [3.05, 3.63) is 59.0 Å². The van der Waals surface area contributed by atoms with Gasteiger partial charge < -0.3 is 20.5 Å². The fourth-order valence-corrected chi connectivity index (χ4v) is 3.43. The number of carbonyl (C=O) groups excluding carboxylic acids is 3. The third-order valence-electron chi connectivity index (χ3n) is 5.71. The normalized spacial score (nSPS) is 12.8. The predicted molar refractivity (Wildman–Crippen MR) is 156 cm³/mol. The Balaban J connectivity index is 0. The van der Waals surface area contributed by atoms with E-state index in [9.17, 15) is 19.5 Å². The van der Waals surface area contributed by atoms with Crippen molar-refractivity contribution in [3.63, 3.8) is 0 Å². The number of hydrogen-bond donors (Lipinski definition) is 2. The van der Waals surface area contributed by atoms with Crippen molar-refractivity contribution in [2.24, 2.45) is 17.6 Å². The Bertz CT molecular complexity index is 872. The molecule has 0 aliphatic carbocycles. The third-order valence-corrected chi connectivity index (χ3v) is 5.71. The van der Waals surface area contributed by atoms with Gasteiger partial charge in [-0.3, -0.25) is 14.4 Å². The zero-order valence-electron chi connectivity index (χ0n) is 25.3. The summed E-state index contributed by atoms with van der Waals surface area (Å²) in [5.41, 5.74) is 7.08. The largest absolute Gasteiger partial charge is 0.500 e. The van der Waals surface area contributed by atoms with Crippen LogP contribution in [0.25, 0.3) is 0 Å². The Morgan fingerprint density at radius 2 is 1.63 bits per heavy atom. The second-order valence-electron chi connectivity index (χ2n) is 9.08. The van der Waals surface area contributed by atoms with Gasteiger partial charge in [-0.2, -0.15) is 0 Å². The maximum atomic E-state index is 12.9. The van der Waals surface area contributed by atoms with E-state index in [1.807, 2.05) is 85.7 Å². The van der Waals surface area contributed by atoms with Crippen molar-refractivity contribution in [2.75, 3.05) is 13.7 Å². The first-order valence-corrected chi connectivity index (χ1v) is 13.8. The summed E-state index contributed by atoms with van der Waals surface area (Å²) < 4.78 is 5.55. The molecule has 0 radical (unpaired) electrons. The molecule has 2 amide bonds. The fourth-order valence-electron chi connectivity index (χ4n) is 3.43. The second-order valence-corrected chi connectivity index (χ2v) is 9.08. The molecule has 0 aliphatic rings. The van der Waals surface area contributed by atoms with Crippen LogP contribution in [0, 0.1) is 18.8 Å². The van der Waals surface area contributed by atoms with Gasteiger partial charge >= 0.3 is 0 Å². The summed E-state index contributed by atoms with van der Waals surface area (Å²) >= 11 is 0. The topological polar surface area (TPSA) is 110 Å². The molecule has 0 saturated carbocycles. The van der Waals surface area contributed by atoms with E-state index in [-0.39, 0.29) is 30.4 Å². The van der Waals surface area contributed by atoms with Crippen molar-refractivity contribution in [2.45, 2.75) is 94.1 Å². The summed E-state index contributed by atoms with van der Waals surface area (Å²) in [6.45, 7) is 17.3. The minimum Gasteiger partial charge on any atom is -0.500 e. The number of ether oxygens (including phenoxy) is 1. The summed E-state index contributed by atoms with van der Waals surface area (Å²) in [7, 11) is 1.51. The summed E-state index contributed by atoms with van der Waals surface area (Å²) in [6.07, 6.45) is 4.66. The van der Waals surface area contributed by atoms with Gasteiger partial charge in [0.15, 0.2) is 5.78 Å². The Morgan fingerprint density at radius 1 is 1.08 bits per heavy atom. The van der Waals surface area contributed by atoms with Crippen molar-refractivity contribution >= 4 is 17.6 Å². The highest BCUT2D eigenvalue weighted by atomic mass is 16.5. The van der Waals surface area contributed by atoms with Gasteiger partial charge in [0, 0.05) is 12.6 Å². The molecule has 1 aromatic carbocycles. The summed E-state index contributed by atoms with van der Waals surface area (Å²) in [6, 6.07) is 7.77. The fraction of sp³-hybridized carbons (Fsp3) is 0.581. The van der Waals surface area contributed by atoms with Crippen LogP contribution in [-0.2, 0) is 19.1 Å². The van der Waals surface area contributed by atoms with Crippen molar-refractivity contribution in [3.8, 4) is 0 Å². The van der Waals surface area contributed by atoms with Gasteiger partial charge in [-0.1, -0.05) is 78.3 Å². The molecule has 2 atom stereocenters. The number of carbonyl (C=O) groups is 3. The number of aryl methyl sites for hydroxylation is 1. The molecule has 0 bridgehead atoms. The van der Waals surface area contributed by atoms with Crippen LogP contribution in [0.3, 0.4) is 0 Å². The lowest BCUT2D eigenvalue weighted by atomic mass is 9.93. The number of amides is 2. The summed E-state index contributed by atoms with van der Waals surface area (Å²) in [5.74, 6) is -0.807. The quantitative estimate of drug-likeness (QED) is 0.127. The molecule has 216 valence electrons. The second kappa shape index (κ2) is 21.1. The van der Waals surface area contributed by atoms with Crippen LogP contribution in [0.1, 0.15) is 98.3 Å². The first-order chi connectivity index (χ1) is 18.0. The first-order valence-electron chi connectivity index (χ1n) is 13.8. The van der Waals surface area contributed by atoms with Gasteiger partial charge in [-0.25, -0.2) is 0 Å². The smallest absolute Gasteiger partial charge is 0.253 e. The highest BCUT2D eigenvalue weighted by Gasteiger charge is 2.21. The number of ketones is 1. The molecule has 0 saturated heterocycles. The molecule has 7 nitrogen and oxygen atoms in total. The zero-order valence-corrected chi connectivity index (χ0v) is 25.3. The molecule has 1 aromatic rings. The zero-order chi connectivity index (χ0) is 29.8. The molecule has 0 aromatic heterocycles. The lowest BCUT2D eigenvalue weighted by Gasteiger charge is -2.23. The van der Waals surface area contributed by atoms with Crippen LogP contribution in [-0.4, -0.2) is 41.3 Å². The highest BCUT2D eigenvalue weighted by Crippen LogP contribution is 2.25. The van der Waals surface area contributed by atoms with Crippen LogP contribution in [0.4, 0.5) is 0 Å². The molecule has 1 rings (SSSR count). The number of methoxy groups -OCH3 is 1. The average molecular weight is 533 g/mol. The monoisotopic (exact) mass is 532 g/mol. The Labute approximate surface area is 231 Å². The molecule has 1 unspecified atom stereocenters. The molecule has 0 aliphatic heterocycles. The molecule has 3 N–H and O–H groups in total. The van der Waals surface area contributed by atoms with E-state index in [0.717, 1.165) is 17.5 Å². The van der Waals surface area contributed by atoms with Crippen molar-refractivity contribution in [1.82, 2.24) is 4.90 Å². The minimum absolute atomic E-state index is 0.00809. The van der Waals surface area contributed by atoms with E-state index in [1.165, 1.54) is 25.1 Å². The minimum atomic E-state index is -0.884. The number of nitrogens with zero attached hydrogens (tertiary/aromatic N) is 1. The number of aliphatic hydroxyl groups excluding tert-OH is 1. The number of benzene rings is 1. The Hall–Kier alpha value is -2.93. The van der Waals surface area contributed by atoms with Crippen LogP contribution in [0.15, 0.2) is 47.9 Å². The van der Waals surface area contributed by atoms with Crippen LogP contribution < -0.4 is 5.73 Å². The molecule has 0 spiro atoms. The number of nitrogens with two attached hydrogens (primary N) is 1. The van der Waals surface area contributed by atoms with Gasteiger partial charge in [0.05, 0.1) is 25.3 Å². The van der Waals surface area contributed by atoms with Crippen LogP contribution >= 0.6 is 0 Å². The number of Topliss-reactive ketones (excluding diaryl/α,β-unsaturated/α-hetero) is 1. The van der Waals surface area contributed by atoms with E-state index in [2.05, 4.69) is 0 Å². The Kier molecular flexibility index (Phi) is 20.6. The van der Waals surface area contributed by atoms with E-state index in [0.29, 0.717) is 24.5 Å². The van der Waals surface area contributed by atoms with Crippen LogP contribution in [0.5, 0.6) is 0 Å². The van der Waals surface area contributed by atoms with Crippen LogP contribution in [0.2, 0.25) is 0 Å². The van der Waals surface area contributed by atoms with E-state index in [4.69, 9.17) is 10.5 Å². The van der Waals surface area contributed by atoms with E-state index in [1.54, 1.807) is 0 Å². The molecule has 7 heteroatoms. The maximum absolute atomic E-state index is 12.9. The lowest BCUT2D eigenvalue weighted by Crippen LogP contribution is -2.31.